The number of amides is 1. The van der Waals surface area contributed by atoms with Gasteiger partial charge < -0.3 is 14.6 Å². The van der Waals surface area contributed by atoms with E-state index in [4.69, 9.17) is 9.26 Å². The van der Waals surface area contributed by atoms with E-state index in [1.54, 1.807) is 19.2 Å². The standard InChI is InChI=1S/C22H23FN4O3/c1-29-19-8-6-18(7-9-19)24-20(28)14-27-12-10-16(11-13-27)22-25-21(26-30-22)15-2-4-17(23)5-3-15/h2-9,16H,10-14H2,1H3,(H,24,28). The molecule has 0 spiro atoms. The Morgan fingerprint density at radius 3 is 2.53 bits per heavy atom. The molecule has 0 atom stereocenters. The van der Waals surface area contributed by atoms with E-state index in [-0.39, 0.29) is 17.6 Å². The van der Waals surface area contributed by atoms with Crippen LogP contribution in [0.25, 0.3) is 11.4 Å². The van der Waals surface area contributed by atoms with Crippen molar-refractivity contribution in [2.45, 2.75) is 18.8 Å². The number of piperidine rings is 1. The van der Waals surface area contributed by atoms with Crippen LogP contribution in [0.1, 0.15) is 24.7 Å². The van der Waals surface area contributed by atoms with Gasteiger partial charge >= 0.3 is 0 Å². The molecule has 0 radical (unpaired) electrons. The normalized spacial score (nSPS) is 15.1. The molecule has 0 aliphatic carbocycles. The first kappa shape index (κ1) is 20.0. The summed E-state index contributed by atoms with van der Waals surface area (Å²) in [4.78, 5) is 18.9. The molecule has 1 aromatic heterocycles. The molecule has 2 heterocycles. The smallest absolute Gasteiger partial charge is 0.238 e. The maximum absolute atomic E-state index is 13.1. The molecule has 4 rings (SSSR count). The van der Waals surface area contributed by atoms with Crippen molar-refractivity contribution in [2.75, 3.05) is 32.1 Å². The fraction of sp³-hybridized carbons (Fsp3) is 0.318. The number of hydrogen-bond donors (Lipinski definition) is 1. The first-order chi connectivity index (χ1) is 14.6. The van der Waals surface area contributed by atoms with Crippen LogP contribution in [-0.2, 0) is 4.79 Å². The van der Waals surface area contributed by atoms with Crippen molar-refractivity contribution in [1.29, 1.82) is 0 Å². The summed E-state index contributed by atoms with van der Waals surface area (Å²) in [6.07, 6.45) is 1.67. The van der Waals surface area contributed by atoms with Crippen molar-refractivity contribution >= 4 is 11.6 Å². The van der Waals surface area contributed by atoms with Crippen LogP contribution in [0.2, 0.25) is 0 Å². The predicted molar refractivity (Wildman–Crippen MR) is 110 cm³/mol. The Bertz CT molecular complexity index is 980. The van der Waals surface area contributed by atoms with Crippen molar-refractivity contribution in [1.82, 2.24) is 15.0 Å². The SMILES string of the molecule is COc1ccc(NC(=O)CN2CCC(c3nc(-c4ccc(F)cc4)no3)CC2)cc1. The number of rotatable bonds is 6. The minimum absolute atomic E-state index is 0.0463. The van der Waals surface area contributed by atoms with E-state index in [0.29, 0.717) is 18.3 Å². The summed E-state index contributed by atoms with van der Waals surface area (Å²) in [7, 11) is 1.61. The van der Waals surface area contributed by atoms with E-state index in [0.717, 1.165) is 42.9 Å². The van der Waals surface area contributed by atoms with Crippen molar-refractivity contribution in [2.24, 2.45) is 0 Å². The van der Waals surface area contributed by atoms with Gasteiger partial charge in [-0.3, -0.25) is 9.69 Å². The van der Waals surface area contributed by atoms with Crippen molar-refractivity contribution < 1.29 is 18.4 Å². The minimum Gasteiger partial charge on any atom is -0.497 e. The molecule has 3 aromatic rings. The van der Waals surface area contributed by atoms with Crippen LogP contribution in [0.3, 0.4) is 0 Å². The first-order valence-corrected chi connectivity index (χ1v) is 9.86. The number of hydrogen-bond acceptors (Lipinski definition) is 6. The molecule has 0 bridgehead atoms. The van der Waals surface area contributed by atoms with E-state index in [9.17, 15) is 9.18 Å². The molecule has 0 unspecified atom stereocenters. The summed E-state index contributed by atoms with van der Waals surface area (Å²) in [5.74, 6) is 1.62. The van der Waals surface area contributed by atoms with Gasteiger partial charge in [-0.15, -0.1) is 0 Å². The molecule has 1 aliphatic heterocycles. The van der Waals surface area contributed by atoms with Crippen LogP contribution in [0, 0.1) is 5.82 Å². The quantitative estimate of drug-likeness (QED) is 0.667. The summed E-state index contributed by atoms with van der Waals surface area (Å²) in [5, 5.41) is 6.93. The van der Waals surface area contributed by atoms with Crippen molar-refractivity contribution in [3.63, 3.8) is 0 Å². The monoisotopic (exact) mass is 410 g/mol. The summed E-state index contributed by atoms with van der Waals surface area (Å²) < 4.78 is 23.6. The summed E-state index contributed by atoms with van der Waals surface area (Å²) in [6.45, 7) is 1.88. The van der Waals surface area contributed by atoms with Gasteiger partial charge in [0.15, 0.2) is 0 Å². The second kappa shape index (κ2) is 9.04. The van der Waals surface area contributed by atoms with Gasteiger partial charge in [0.25, 0.3) is 0 Å². The number of likely N-dealkylation sites (tertiary alicyclic amines) is 1. The highest BCUT2D eigenvalue weighted by Gasteiger charge is 2.26. The maximum Gasteiger partial charge on any atom is 0.238 e. The lowest BCUT2D eigenvalue weighted by Crippen LogP contribution is -2.38. The van der Waals surface area contributed by atoms with Gasteiger partial charge in [0.1, 0.15) is 11.6 Å². The lowest BCUT2D eigenvalue weighted by molar-refractivity contribution is -0.117. The second-order valence-electron chi connectivity index (χ2n) is 7.29. The molecule has 1 saturated heterocycles. The summed E-state index contributed by atoms with van der Waals surface area (Å²) in [5.41, 5.74) is 1.47. The molecular formula is C22H23FN4O3. The van der Waals surface area contributed by atoms with Crippen LogP contribution in [-0.4, -0.2) is 47.7 Å². The molecule has 156 valence electrons. The average molecular weight is 410 g/mol. The topological polar surface area (TPSA) is 80.5 Å². The molecular weight excluding hydrogens is 387 g/mol. The molecule has 1 aliphatic rings. The third-order valence-corrected chi connectivity index (χ3v) is 5.22. The highest BCUT2D eigenvalue weighted by atomic mass is 19.1. The van der Waals surface area contributed by atoms with E-state index < -0.39 is 0 Å². The Hall–Kier alpha value is -3.26. The lowest BCUT2D eigenvalue weighted by atomic mass is 9.97. The Morgan fingerprint density at radius 1 is 1.17 bits per heavy atom. The van der Waals surface area contributed by atoms with Gasteiger partial charge in [-0.05, 0) is 74.5 Å². The zero-order valence-electron chi connectivity index (χ0n) is 16.7. The number of nitrogens with one attached hydrogen (secondary N) is 1. The van der Waals surface area contributed by atoms with Crippen LogP contribution < -0.4 is 10.1 Å². The largest absolute Gasteiger partial charge is 0.497 e. The molecule has 1 fully saturated rings. The van der Waals surface area contributed by atoms with E-state index in [1.807, 2.05) is 24.3 Å². The molecule has 2 aromatic carbocycles. The Labute approximate surface area is 173 Å². The van der Waals surface area contributed by atoms with Gasteiger partial charge in [0, 0.05) is 17.2 Å². The average Bonchev–Trinajstić information content (AvgIpc) is 3.25. The van der Waals surface area contributed by atoms with Crippen molar-refractivity contribution in [3.8, 4) is 17.1 Å². The summed E-state index contributed by atoms with van der Waals surface area (Å²) in [6, 6.07) is 13.3. The Balaban J connectivity index is 1.27. The zero-order chi connectivity index (χ0) is 20.9. The minimum atomic E-state index is -0.300. The number of aromatic nitrogens is 2. The number of carbonyl (C=O) groups is 1. The van der Waals surface area contributed by atoms with Crippen LogP contribution in [0.5, 0.6) is 5.75 Å². The lowest BCUT2D eigenvalue weighted by Gasteiger charge is -2.29. The second-order valence-corrected chi connectivity index (χ2v) is 7.29. The first-order valence-electron chi connectivity index (χ1n) is 9.86. The molecule has 30 heavy (non-hydrogen) atoms. The summed E-state index contributed by atoms with van der Waals surface area (Å²) >= 11 is 0. The Kier molecular flexibility index (Phi) is 6.04. The molecule has 8 heteroatoms. The Morgan fingerprint density at radius 2 is 1.87 bits per heavy atom. The number of ether oxygens (including phenoxy) is 1. The van der Waals surface area contributed by atoms with Gasteiger partial charge in [0.2, 0.25) is 17.6 Å². The number of nitrogens with zero attached hydrogens (tertiary/aromatic N) is 3. The van der Waals surface area contributed by atoms with E-state index in [1.165, 1.54) is 12.1 Å². The fourth-order valence-corrected chi connectivity index (χ4v) is 3.53. The maximum atomic E-state index is 13.1. The van der Waals surface area contributed by atoms with E-state index in [2.05, 4.69) is 20.4 Å². The third kappa shape index (κ3) is 4.83. The predicted octanol–water partition coefficient (Wildman–Crippen LogP) is 3.70. The molecule has 0 saturated carbocycles. The highest BCUT2D eigenvalue weighted by Crippen LogP contribution is 2.28. The number of benzene rings is 2. The van der Waals surface area contributed by atoms with Gasteiger partial charge in [-0.25, -0.2) is 4.39 Å². The van der Waals surface area contributed by atoms with Crippen molar-refractivity contribution in [3.05, 3.63) is 60.2 Å². The molecule has 7 nitrogen and oxygen atoms in total. The van der Waals surface area contributed by atoms with Gasteiger partial charge in [-0.1, -0.05) is 5.16 Å². The zero-order valence-corrected chi connectivity index (χ0v) is 16.7. The third-order valence-electron chi connectivity index (χ3n) is 5.22. The fourth-order valence-electron chi connectivity index (χ4n) is 3.53. The number of methoxy groups -OCH3 is 1. The van der Waals surface area contributed by atoms with Gasteiger partial charge in [-0.2, -0.15) is 4.98 Å². The number of halogens is 1. The van der Waals surface area contributed by atoms with Crippen LogP contribution in [0.4, 0.5) is 10.1 Å². The number of anilines is 1. The molecule has 1 amide bonds. The van der Waals surface area contributed by atoms with E-state index >= 15 is 0 Å². The highest BCUT2D eigenvalue weighted by molar-refractivity contribution is 5.92. The van der Waals surface area contributed by atoms with Gasteiger partial charge in [0.05, 0.1) is 13.7 Å². The van der Waals surface area contributed by atoms with Crippen LogP contribution >= 0.6 is 0 Å². The molecule has 1 N–H and O–H groups in total. The van der Waals surface area contributed by atoms with Crippen LogP contribution in [0.15, 0.2) is 53.1 Å². The number of carbonyl (C=O) groups excluding carboxylic acids is 1.